The predicted molar refractivity (Wildman–Crippen MR) is 84.8 cm³/mol. The van der Waals surface area contributed by atoms with Gasteiger partial charge in [-0.15, -0.1) is 0 Å². The summed E-state index contributed by atoms with van der Waals surface area (Å²) in [5.41, 5.74) is 4.90. The number of nitrogens with zero attached hydrogens (tertiary/aromatic N) is 1. The molecule has 2 nitrogen and oxygen atoms in total. The number of aromatic nitrogens is 1. The van der Waals surface area contributed by atoms with Crippen LogP contribution in [0, 0.1) is 0 Å². The Balaban J connectivity index is 1.84. The van der Waals surface area contributed by atoms with Gasteiger partial charge in [-0.05, 0) is 34.9 Å². The minimum Gasteiger partial charge on any atom is -0.294 e. The first-order valence-corrected chi connectivity index (χ1v) is 6.99. The number of Topliss-reactive ketones (excluding diaryl/α,β-unsaturated/α-hetero) is 1. The highest BCUT2D eigenvalue weighted by Gasteiger charge is 2.23. The molecule has 1 aliphatic rings. The van der Waals surface area contributed by atoms with Crippen LogP contribution in [0.3, 0.4) is 0 Å². The molecule has 0 radical (unpaired) electrons. The fraction of sp³-hybridized carbons (Fsp3) is 0.0526. The van der Waals surface area contributed by atoms with E-state index in [1.807, 2.05) is 60.8 Å². The van der Waals surface area contributed by atoms with Crippen LogP contribution in [0.1, 0.15) is 16.7 Å². The molecule has 2 heteroatoms. The van der Waals surface area contributed by atoms with E-state index < -0.39 is 0 Å². The van der Waals surface area contributed by atoms with Crippen LogP contribution >= 0.6 is 0 Å². The van der Waals surface area contributed by atoms with Crippen molar-refractivity contribution in [3.8, 4) is 0 Å². The number of carbonyl (C=O) groups is 1. The molecule has 1 heterocycles. The number of benzene rings is 2. The van der Waals surface area contributed by atoms with Gasteiger partial charge < -0.3 is 0 Å². The fourth-order valence-electron chi connectivity index (χ4n) is 2.85. The molecule has 1 aromatic heterocycles. The van der Waals surface area contributed by atoms with E-state index in [0.717, 1.165) is 33.2 Å². The van der Waals surface area contributed by atoms with Gasteiger partial charge in [0.1, 0.15) is 0 Å². The van der Waals surface area contributed by atoms with Crippen molar-refractivity contribution < 1.29 is 4.79 Å². The lowest BCUT2D eigenvalue weighted by molar-refractivity contribution is -0.112. The Bertz CT molecular complexity index is 893. The summed E-state index contributed by atoms with van der Waals surface area (Å²) in [6.45, 7) is 0. The van der Waals surface area contributed by atoms with Crippen LogP contribution in [0.4, 0.5) is 0 Å². The Labute approximate surface area is 122 Å². The molecule has 100 valence electrons. The largest absolute Gasteiger partial charge is 0.294 e. The second kappa shape index (κ2) is 4.67. The number of carbonyl (C=O) groups excluding carboxylic acids is 1. The van der Waals surface area contributed by atoms with Crippen molar-refractivity contribution in [2.45, 2.75) is 6.42 Å². The molecule has 0 spiro atoms. The molecule has 0 atom stereocenters. The van der Waals surface area contributed by atoms with Gasteiger partial charge in [-0.3, -0.25) is 9.78 Å². The number of pyridine rings is 1. The van der Waals surface area contributed by atoms with E-state index in [1.54, 1.807) is 0 Å². The summed E-state index contributed by atoms with van der Waals surface area (Å²) >= 11 is 0. The van der Waals surface area contributed by atoms with Crippen molar-refractivity contribution in [2.24, 2.45) is 0 Å². The van der Waals surface area contributed by atoms with Gasteiger partial charge in [0.15, 0.2) is 5.78 Å². The monoisotopic (exact) mass is 271 g/mol. The van der Waals surface area contributed by atoms with E-state index in [4.69, 9.17) is 0 Å². The molecule has 0 amide bonds. The molecule has 0 bridgehead atoms. The van der Waals surface area contributed by atoms with E-state index in [9.17, 15) is 4.79 Å². The lowest BCUT2D eigenvalue weighted by atomic mass is 10.0. The molecule has 3 aromatic rings. The van der Waals surface area contributed by atoms with Crippen molar-refractivity contribution in [1.29, 1.82) is 0 Å². The molecule has 21 heavy (non-hydrogen) atoms. The van der Waals surface area contributed by atoms with Crippen LogP contribution in [0.15, 0.2) is 60.8 Å². The highest BCUT2D eigenvalue weighted by Crippen LogP contribution is 2.31. The van der Waals surface area contributed by atoms with Crippen LogP contribution in [-0.2, 0) is 11.2 Å². The Morgan fingerprint density at radius 3 is 2.76 bits per heavy atom. The lowest BCUT2D eigenvalue weighted by Crippen LogP contribution is -1.93. The Morgan fingerprint density at radius 1 is 1.00 bits per heavy atom. The third-order valence-electron chi connectivity index (χ3n) is 3.88. The van der Waals surface area contributed by atoms with E-state index in [0.29, 0.717) is 6.42 Å². The van der Waals surface area contributed by atoms with Crippen molar-refractivity contribution >= 4 is 28.3 Å². The molecule has 2 aromatic carbocycles. The number of allylic oxidation sites excluding steroid dienone is 1. The van der Waals surface area contributed by atoms with E-state index >= 15 is 0 Å². The molecule has 0 unspecified atom stereocenters. The molecular weight excluding hydrogens is 258 g/mol. The highest BCUT2D eigenvalue weighted by atomic mass is 16.1. The van der Waals surface area contributed by atoms with Crippen molar-refractivity contribution in [1.82, 2.24) is 4.98 Å². The Morgan fingerprint density at radius 2 is 1.81 bits per heavy atom. The standard InChI is InChI=1S/C19H13NO/c21-19-11-14-5-1-3-7-16(14)17(19)10-13-9-15-6-2-4-8-18(15)20-12-13/h1-10,12H,11H2/b17-10+. The summed E-state index contributed by atoms with van der Waals surface area (Å²) < 4.78 is 0. The summed E-state index contributed by atoms with van der Waals surface area (Å²) in [6, 6.07) is 18.1. The number of para-hydroxylation sites is 1. The summed E-state index contributed by atoms with van der Waals surface area (Å²) in [5.74, 6) is 0.185. The SMILES string of the molecule is O=C1Cc2ccccc2/C1=C\c1cnc2ccccc2c1. The average molecular weight is 271 g/mol. The van der Waals surface area contributed by atoms with Gasteiger partial charge >= 0.3 is 0 Å². The normalized spacial score (nSPS) is 15.6. The van der Waals surface area contributed by atoms with Crippen LogP contribution in [0.25, 0.3) is 22.6 Å². The molecule has 0 saturated carbocycles. The molecular formula is C19H13NO. The summed E-state index contributed by atoms with van der Waals surface area (Å²) in [7, 11) is 0. The second-order valence-electron chi connectivity index (χ2n) is 5.28. The van der Waals surface area contributed by atoms with Gasteiger partial charge in [-0.25, -0.2) is 0 Å². The molecule has 0 saturated heterocycles. The van der Waals surface area contributed by atoms with Gasteiger partial charge in [-0.2, -0.15) is 0 Å². The zero-order chi connectivity index (χ0) is 14.2. The van der Waals surface area contributed by atoms with Crippen LogP contribution in [0.2, 0.25) is 0 Å². The second-order valence-corrected chi connectivity index (χ2v) is 5.28. The third-order valence-corrected chi connectivity index (χ3v) is 3.88. The maximum atomic E-state index is 12.2. The topological polar surface area (TPSA) is 30.0 Å². The highest BCUT2D eigenvalue weighted by molar-refractivity contribution is 6.29. The Hall–Kier alpha value is -2.74. The zero-order valence-corrected chi connectivity index (χ0v) is 11.4. The number of hydrogen-bond donors (Lipinski definition) is 0. The van der Waals surface area contributed by atoms with Crippen LogP contribution in [-0.4, -0.2) is 10.8 Å². The predicted octanol–water partition coefficient (Wildman–Crippen LogP) is 3.90. The van der Waals surface area contributed by atoms with Crippen molar-refractivity contribution in [3.05, 3.63) is 77.5 Å². The van der Waals surface area contributed by atoms with Gasteiger partial charge in [0.2, 0.25) is 0 Å². The summed E-state index contributed by atoms with van der Waals surface area (Å²) in [5, 5.41) is 1.09. The number of rotatable bonds is 1. The van der Waals surface area contributed by atoms with Gasteiger partial charge in [0, 0.05) is 23.6 Å². The maximum absolute atomic E-state index is 12.2. The van der Waals surface area contributed by atoms with Gasteiger partial charge in [0.25, 0.3) is 0 Å². The van der Waals surface area contributed by atoms with Crippen LogP contribution < -0.4 is 0 Å². The van der Waals surface area contributed by atoms with E-state index in [1.165, 1.54) is 0 Å². The quantitative estimate of drug-likeness (QED) is 0.628. The zero-order valence-electron chi connectivity index (χ0n) is 11.4. The molecule has 0 aliphatic heterocycles. The van der Waals surface area contributed by atoms with E-state index in [2.05, 4.69) is 11.1 Å². The van der Waals surface area contributed by atoms with E-state index in [-0.39, 0.29) is 5.78 Å². The maximum Gasteiger partial charge on any atom is 0.167 e. The molecule has 4 rings (SSSR count). The first-order valence-electron chi connectivity index (χ1n) is 6.99. The number of hydrogen-bond acceptors (Lipinski definition) is 2. The minimum absolute atomic E-state index is 0.185. The van der Waals surface area contributed by atoms with Crippen LogP contribution in [0.5, 0.6) is 0 Å². The van der Waals surface area contributed by atoms with Gasteiger partial charge in [0.05, 0.1) is 5.52 Å². The smallest absolute Gasteiger partial charge is 0.167 e. The van der Waals surface area contributed by atoms with Crippen molar-refractivity contribution in [3.63, 3.8) is 0 Å². The fourth-order valence-corrected chi connectivity index (χ4v) is 2.85. The molecule has 0 N–H and O–H groups in total. The third kappa shape index (κ3) is 2.05. The molecule has 0 fully saturated rings. The first-order chi connectivity index (χ1) is 10.3. The first kappa shape index (κ1) is 12.0. The average Bonchev–Trinajstić information content (AvgIpc) is 2.83. The van der Waals surface area contributed by atoms with Crippen molar-refractivity contribution in [2.75, 3.05) is 0 Å². The van der Waals surface area contributed by atoms with Gasteiger partial charge in [-0.1, -0.05) is 42.5 Å². The lowest BCUT2D eigenvalue weighted by Gasteiger charge is -2.02. The number of ketones is 1. The number of fused-ring (bicyclic) bond motifs is 2. The minimum atomic E-state index is 0.185. The summed E-state index contributed by atoms with van der Waals surface area (Å²) in [6.07, 6.45) is 4.28. The summed E-state index contributed by atoms with van der Waals surface area (Å²) in [4.78, 5) is 16.7. The Kier molecular flexibility index (Phi) is 2.68. The molecule has 1 aliphatic carbocycles.